The van der Waals surface area contributed by atoms with Crippen LogP contribution in [0.25, 0.3) is 11.1 Å². The van der Waals surface area contributed by atoms with Crippen LogP contribution in [0.5, 0.6) is 0 Å². The summed E-state index contributed by atoms with van der Waals surface area (Å²) in [5.74, 6) is 0. The summed E-state index contributed by atoms with van der Waals surface area (Å²) >= 11 is 0. The first-order valence-electron chi connectivity index (χ1n) is 11.0. The Labute approximate surface area is 184 Å². The van der Waals surface area contributed by atoms with Crippen LogP contribution >= 0.6 is 0 Å². The fourth-order valence-electron chi connectivity index (χ4n) is 4.53. The van der Waals surface area contributed by atoms with Crippen LogP contribution in [0.2, 0.25) is 0 Å². The van der Waals surface area contributed by atoms with Gasteiger partial charge in [0.25, 0.3) is 0 Å². The van der Waals surface area contributed by atoms with Gasteiger partial charge in [0.05, 0.1) is 12.1 Å². The second kappa shape index (κ2) is 9.30. The zero-order chi connectivity index (χ0) is 20.9. The molecule has 1 fully saturated rings. The lowest BCUT2D eigenvalue weighted by atomic mass is 9.93. The lowest BCUT2D eigenvalue weighted by Gasteiger charge is -2.23. The fourth-order valence-corrected chi connectivity index (χ4v) is 4.53. The Balaban J connectivity index is 1.40. The van der Waals surface area contributed by atoms with Gasteiger partial charge in [-0.25, -0.2) is 0 Å². The third kappa shape index (κ3) is 4.61. The van der Waals surface area contributed by atoms with Gasteiger partial charge in [0.2, 0.25) is 0 Å². The van der Waals surface area contributed by atoms with Crippen molar-refractivity contribution < 1.29 is 4.84 Å². The molecule has 0 bridgehead atoms. The molecule has 5 rings (SSSR count). The zero-order valence-corrected chi connectivity index (χ0v) is 17.6. The molecule has 0 aliphatic carbocycles. The van der Waals surface area contributed by atoms with E-state index in [-0.39, 0.29) is 12.1 Å². The van der Waals surface area contributed by atoms with Gasteiger partial charge in [0, 0.05) is 13.0 Å². The molecule has 0 radical (unpaired) electrons. The maximum absolute atomic E-state index is 6.56. The van der Waals surface area contributed by atoms with Gasteiger partial charge in [-0.3, -0.25) is 4.84 Å². The van der Waals surface area contributed by atoms with Crippen LogP contribution in [-0.4, -0.2) is 11.2 Å². The average Bonchev–Trinajstić information content (AvgIpc) is 3.23. The summed E-state index contributed by atoms with van der Waals surface area (Å²) in [5.41, 5.74) is 6.49. The largest absolute Gasteiger partial charge is 0.294 e. The van der Waals surface area contributed by atoms with E-state index in [0.29, 0.717) is 0 Å². The number of benzene rings is 4. The van der Waals surface area contributed by atoms with Crippen LogP contribution in [0.4, 0.5) is 0 Å². The first-order chi connectivity index (χ1) is 15.4. The molecule has 31 heavy (non-hydrogen) atoms. The first-order valence-corrected chi connectivity index (χ1v) is 11.0. The van der Waals surface area contributed by atoms with Gasteiger partial charge in [-0.2, -0.15) is 5.06 Å². The summed E-state index contributed by atoms with van der Waals surface area (Å²) in [6.07, 6.45) is 2.04. The van der Waals surface area contributed by atoms with Crippen LogP contribution in [0.1, 0.15) is 29.2 Å². The molecule has 2 nitrogen and oxygen atoms in total. The molecule has 1 saturated heterocycles. The number of rotatable bonds is 6. The summed E-state index contributed by atoms with van der Waals surface area (Å²) in [6, 6.07) is 40.9. The Morgan fingerprint density at radius 2 is 1.29 bits per heavy atom. The number of hydrogen-bond acceptors (Lipinski definition) is 2. The molecule has 0 amide bonds. The predicted octanol–water partition coefficient (Wildman–Crippen LogP) is 6.84. The van der Waals surface area contributed by atoms with E-state index in [9.17, 15) is 0 Å². The summed E-state index contributed by atoms with van der Waals surface area (Å²) in [7, 11) is 0. The van der Waals surface area contributed by atoms with Crippen molar-refractivity contribution in [1.82, 2.24) is 5.06 Å². The molecular formula is C29H27NO. The quantitative estimate of drug-likeness (QED) is 0.348. The SMILES string of the molecule is c1ccc(CN2OC(Cc3ccccc3-c3ccccc3)CC2c2ccccc2)cc1. The molecule has 154 valence electrons. The summed E-state index contributed by atoms with van der Waals surface area (Å²) in [5, 5.41) is 2.18. The lowest BCUT2D eigenvalue weighted by molar-refractivity contribution is -0.170. The number of hydrogen-bond donors (Lipinski definition) is 0. The summed E-state index contributed by atoms with van der Waals surface area (Å²) in [6.45, 7) is 0.789. The van der Waals surface area contributed by atoms with Crippen molar-refractivity contribution in [3.63, 3.8) is 0 Å². The molecular weight excluding hydrogens is 378 g/mol. The Morgan fingerprint density at radius 1 is 0.677 bits per heavy atom. The third-order valence-electron chi connectivity index (χ3n) is 6.03. The van der Waals surface area contributed by atoms with Crippen LogP contribution < -0.4 is 0 Å². The molecule has 0 saturated carbocycles. The second-order valence-corrected chi connectivity index (χ2v) is 8.18. The van der Waals surface area contributed by atoms with Crippen LogP contribution in [0, 0.1) is 0 Å². The average molecular weight is 406 g/mol. The van der Waals surface area contributed by atoms with E-state index in [4.69, 9.17) is 4.84 Å². The topological polar surface area (TPSA) is 12.5 Å². The third-order valence-corrected chi connectivity index (χ3v) is 6.03. The smallest absolute Gasteiger partial charge is 0.0853 e. The van der Waals surface area contributed by atoms with E-state index in [1.165, 1.54) is 27.8 Å². The minimum absolute atomic E-state index is 0.152. The second-order valence-electron chi connectivity index (χ2n) is 8.18. The molecule has 0 N–H and O–H groups in total. The molecule has 0 aromatic heterocycles. The molecule has 1 heterocycles. The Morgan fingerprint density at radius 3 is 2.03 bits per heavy atom. The van der Waals surface area contributed by atoms with E-state index in [2.05, 4.69) is 120 Å². The molecule has 1 aliphatic rings. The lowest BCUT2D eigenvalue weighted by Crippen LogP contribution is -2.22. The standard InChI is InChI=1S/C29H27NO/c1-4-12-23(13-5-1)22-30-29(25-16-8-3-9-17-25)21-27(31-30)20-26-18-10-11-19-28(26)24-14-6-2-7-15-24/h1-19,27,29H,20-22H2. The van der Waals surface area contributed by atoms with Gasteiger partial charge in [-0.15, -0.1) is 0 Å². The van der Waals surface area contributed by atoms with E-state index in [0.717, 1.165) is 19.4 Å². The molecule has 4 aromatic carbocycles. The van der Waals surface area contributed by atoms with Gasteiger partial charge in [-0.1, -0.05) is 115 Å². The van der Waals surface area contributed by atoms with Crippen molar-refractivity contribution in [3.8, 4) is 11.1 Å². The molecule has 1 aliphatic heterocycles. The fraction of sp³-hybridized carbons (Fsp3) is 0.172. The van der Waals surface area contributed by atoms with Crippen molar-refractivity contribution in [1.29, 1.82) is 0 Å². The van der Waals surface area contributed by atoms with Crippen molar-refractivity contribution in [3.05, 3.63) is 132 Å². The van der Waals surface area contributed by atoms with Gasteiger partial charge >= 0.3 is 0 Å². The van der Waals surface area contributed by atoms with Gasteiger partial charge < -0.3 is 0 Å². The molecule has 2 atom stereocenters. The molecule has 2 unspecified atom stereocenters. The summed E-state index contributed by atoms with van der Waals surface area (Å²) in [4.78, 5) is 6.56. The van der Waals surface area contributed by atoms with Crippen molar-refractivity contribution in [2.45, 2.75) is 31.5 Å². The highest BCUT2D eigenvalue weighted by molar-refractivity contribution is 5.67. The maximum Gasteiger partial charge on any atom is 0.0853 e. The monoisotopic (exact) mass is 405 g/mol. The van der Waals surface area contributed by atoms with Crippen molar-refractivity contribution in [2.24, 2.45) is 0 Å². The number of nitrogens with zero attached hydrogens (tertiary/aromatic N) is 1. The summed E-state index contributed by atoms with van der Waals surface area (Å²) < 4.78 is 0. The van der Waals surface area contributed by atoms with E-state index >= 15 is 0 Å². The maximum atomic E-state index is 6.56. The van der Waals surface area contributed by atoms with Gasteiger partial charge in [0.1, 0.15) is 0 Å². The predicted molar refractivity (Wildman–Crippen MR) is 126 cm³/mol. The minimum Gasteiger partial charge on any atom is -0.294 e. The van der Waals surface area contributed by atoms with Crippen molar-refractivity contribution in [2.75, 3.05) is 0 Å². The molecule has 0 spiro atoms. The van der Waals surface area contributed by atoms with Crippen LogP contribution in [0.15, 0.2) is 115 Å². The minimum atomic E-state index is 0.152. The van der Waals surface area contributed by atoms with Crippen molar-refractivity contribution >= 4 is 0 Å². The highest BCUT2D eigenvalue weighted by Crippen LogP contribution is 2.37. The Kier molecular flexibility index (Phi) is 5.92. The normalized spacial score (nSPS) is 18.8. The molecule has 4 aromatic rings. The Bertz CT molecular complexity index is 1100. The highest BCUT2D eigenvalue weighted by atomic mass is 16.7. The van der Waals surface area contributed by atoms with Crippen LogP contribution in [-0.2, 0) is 17.8 Å². The molecule has 2 heteroatoms. The van der Waals surface area contributed by atoms with Gasteiger partial charge in [-0.05, 0) is 34.2 Å². The van der Waals surface area contributed by atoms with Crippen LogP contribution in [0.3, 0.4) is 0 Å². The number of hydroxylamine groups is 2. The highest BCUT2D eigenvalue weighted by Gasteiger charge is 2.34. The van der Waals surface area contributed by atoms with E-state index in [1.54, 1.807) is 0 Å². The zero-order valence-electron chi connectivity index (χ0n) is 17.6. The van der Waals surface area contributed by atoms with Gasteiger partial charge in [0.15, 0.2) is 0 Å². The Hall–Kier alpha value is -3.20. The van der Waals surface area contributed by atoms with E-state index < -0.39 is 0 Å². The van der Waals surface area contributed by atoms with E-state index in [1.807, 2.05) is 0 Å². The first kappa shape index (κ1) is 19.7.